The highest BCUT2D eigenvalue weighted by atomic mass is 35.5. The maximum atomic E-state index is 6.09. The first kappa shape index (κ1) is 16.2. The zero-order chi connectivity index (χ0) is 15.1. The van der Waals surface area contributed by atoms with Gasteiger partial charge in [-0.15, -0.1) is 11.6 Å². The summed E-state index contributed by atoms with van der Waals surface area (Å²) in [5.74, 6) is 1.45. The van der Waals surface area contributed by atoms with E-state index in [1.165, 1.54) is 5.56 Å². The van der Waals surface area contributed by atoms with Crippen LogP contribution in [-0.2, 0) is 13.1 Å². The van der Waals surface area contributed by atoms with Crippen LogP contribution in [0.25, 0.3) is 0 Å². The minimum absolute atomic E-state index is 0.593. The van der Waals surface area contributed by atoms with E-state index in [1.807, 2.05) is 36.4 Å². The minimum atomic E-state index is 0.593. The zero-order valence-corrected chi connectivity index (χ0v) is 13.6. The van der Waals surface area contributed by atoms with E-state index in [0.29, 0.717) is 5.88 Å². The molecule has 0 bridgehead atoms. The first-order valence-corrected chi connectivity index (χ1v) is 7.79. The van der Waals surface area contributed by atoms with Gasteiger partial charge in [0.15, 0.2) is 0 Å². The molecule has 0 saturated heterocycles. The van der Waals surface area contributed by atoms with E-state index in [-0.39, 0.29) is 0 Å². The summed E-state index contributed by atoms with van der Waals surface area (Å²) < 4.78 is 5.41. The van der Waals surface area contributed by atoms with Gasteiger partial charge < -0.3 is 4.74 Å². The van der Waals surface area contributed by atoms with Crippen LogP contribution in [0.1, 0.15) is 11.1 Å². The van der Waals surface area contributed by atoms with Crippen LogP contribution >= 0.6 is 23.2 Å². The molecule has 0 aliphatic heterocycles. The smallest absolute Gasteiger partial charge is 0.123 e. The van der Waals surface area contributed by atoms with Gasteiger partial charge in [-0.2, -0.15) is 0 Å². The van der Waals surface area contributed by atoms with Crippen LogP contribution in [0.15, 0.2) is 48.5 Å². The van der Waals surface area contributed by atoms with Crippen molar-refractivity contribution in [1.29, 1.82) is 0 Å². The summed E-state index contributed by atoms with van der Waals surface area (Å²) >= 11 is 12.0. The highest BCUT2D eigenvalue weighted by Crippen LogP contribution is 2.24. The van der Waals surface area contributed by atoms with E-state index in [1.54, 1.807) is 7.11 Å². The van der Waals surface area contributed by atoms with Gasteiger partial charge in [-0.3, -0.25) is 4.90 Å². The van der Waals surface area contributed by atoms with Crippen molar-refractivity contribution in [3.8, 4) is 5.75 Å². The highest BCUT2D eigenvalue weighted by molar-refractivity contribution is 6.30. The molecule has 0 spiro atoms. The number of hydrogen-bond donors (Lipinski definition) is 0. The molecule has 2 rings (SSSR count). The van der Waals surface area contributed by atoms with Gasteiger partial charge in [0.05, 0.1) is 7.11 Å². The second kappa shape index (κ2) is 8.28. The Morgan fingerprint density at radius 3 is 2.48 bits per heavy atom. The van der Waals surface area contributed by atoms with Gasteiger partial charge in [-0.25, -0.2) is 0 Å². The van der Waals surface area contributed by atoms with Crippen LogP contribution in [0.5, 0.6) is 5.75 Å². The molecule has 0 fully saturated rings. The molecule has 2 aromatic rings. The third-order valence-electron chi connectivity index (χ3n) is 3.29. The largest absolute Gasteiger partial charge is 0.496 e. The monoisotopic (exact) mass is 323 g/mol. The third kappa shape index (κ3) is 4.92. The summed E-state index contributed by atoms with van der Waals surface area (Å²) in [4.78, 5) is 2.29. The normalized spacial score (nSPS) is 10.9. The maximum Gasteiger partial charge on any atom is 0.123 e. The molecular formula is C17H19Cl2NO. The van der Waals surface area contributed by atoms with Gasteiger partial charge in [0.25, 0.3) is 0 Å². The lowest BCUT2D eigenvalue weighted by Crippen LogP contribution is -2.25. The number of nitrogens with zero attached hydrogens (tertiary/aromatic N) is 1. The second-order valence-corrected chi connectivity index (χ2v) is 5.66. The topological polar surface area (TPSA) is 12.5 Å². The molecule has 2 nitrogen and oxygen atoms in total. The van der Waals surface area contributed by atoms with E-state index in [2.05, 4.69) is 17.0 Å². The number of alkyl halides is 1. The van der Waals surface area contributed by atoms with Gasteiger partial charge in [0.2, 0.25) is 0 Å². The summed E-state index contributed by atoms with van der Waals surface area (Å²) in [5.41, 5.74) is 2.34. The summed E-state index contributed by atoms with van der Waals surface area (Å²) in [6, 6.07) is 16.1. The average molecular weight is 324 g/mol. The van der Waals surface area contributed by atoms with Gasteiger partial charge in [-0.05, 0) is 23.8 Å². The predicted octanol–water partition coefficient (Wildman–Crippen LogP) is 4.59. The molecule has 2 aromatic carbocycles. The van der Waals surface area contributed by atoms with E-state index in [0.717, 1.165) is 36.0 Å². The number of methoxy groups -OCH3 is 1. The van der Waals surface area contributed by atoms with Crippen molar-refractivity contribution in [2.24, 2.45) is 0 Å². The van der Waals surface area contributed by atoms with Crippen molar-refractivity contribution in [1.82, 2.24) is 4.90 Å². The Labute approximate surface area is 136 Å². The van der Waals surface area contributed by atoms with Gasteiger partial charge >= 0.3 is 0 Å². The average Bonchev–Trinajstić information content (AvgIpc) is 2.49. The number of hydrogen-bond acceptors (Lipinski definition) is 2. The second-order valence-electron chi connectivity index (χ2n) is 4.84. The lowest BCUT2D eigenvalue weighted by molar-refractivity contribution is 0.268. The fourth-order valence-electron chi connectivity index (χ4n) is 2.29. The van der Waals surface area contributed by atoms with Crippen molar-refractivity contribution in [3.63, 3.8) is 0 Å². The van der Waals surface area contributed by atoms with E-state index < -0.39 is 0 Å². The van der Waals surface area contributed by atoms with Gasteiger partial charge in [0, 0.05) is 36.1 Å². The Morgan fingerprint density at radius 1 is 1.05 bits per heavy atom. The van der Waals surface area contributed by atoms with Crippen LogP contribution < -0.4 is 4.74 Å². The first-order valence-electron chi connectivity index (χ1n) is 6.87. The van der Waals surface area contributed by atoms with Gasteiger partial charge in [-0.1, -0.05) is 41.9 Å². The minimum Gasteiger partial charge on any atom is -0.496 e. The Kier molecular flexibility index (Phi) is 6.37. The van der Waals surface area contributed by atoms with Crippen molar-refractivity contribution >= 4 is 23.2 Å². The highest BCUT2D eigenvalue weighted by Gasteiger charge is 2.11. The fraction of sp³-hybridized carbons (Fsp3) is 0.294. The number of benzene rings is 2. The molecule has 21 heavy (non-hydrogen) atoms. The number of ether oxygens (including phenoxy) is 1. The summed E-state index contributed by atoms with van der Waals surface area (Å²) in [7, 11) is 1.68. The quantitative estimate of drug-likeness (QED) is 0.691. The van der Waals surface area contributed by atoms with E-state index >= 15 is 0 Å². The standard InChI is InChI=1S/C17H19Cl2NO/c1-21-17-8-7-16(19)11-15(17)13-20(10-9-18)12-14-5-3-2-4-6-14/h2-8,11H,9-10,12-13H2,1H3. The summed E-state index contributed by atoms with van der Waals surface area (Å²) in [6.07, 6.45) is 0. The van der Waals surface area contributed by atoms with Crippen LogP contribution in [-0.4, -0.2) is 24.4 Å². The van der Waals surface area contributed by atoms with Crippen LogP contribution in [0.4, 0.5) is 0 Å². The first-order chi connectivity index (χ1) is 10.2. The summed E-state index contributed by atoms with van der Waals surface area (Å²) in [6.45, 7) is 2.42. The molecule has 0 atom stereocenters. The SMILES string of the molecule is COc1ccc(Cl)cc1CN(CCCl)Cc1ccccc1. The van der Waals surface area contributed by atoms with E-state index in [9.17, 15) is 0 Å². The fourth-order valence-corrected chi connectivity index (χ4v) is 2.72. The van der Waals surface area contributed by atoms with Crippen molar-refractivity contribution in [2.45, 2.75) is 13.1 Å². The maximum absolute atomic E-state index is 6.09. The summed E-state index contributed by atoms with van der Waals surface area (Å²) in [5, 5.41) is 0.719. The predicted molar refractivity (Wildman–Crippen MR) is 89.3 cm³/mol. The van der Waals surface area contributed by atoms with Crippen LogP contribution in [0.3, 0.4) is 0 Å². The molecule has 0 saturated carbocycles. The molecule has 0 radical (unpaired) electrons. The van der Waals surface area contributed by atoms with Crippen LogP contribution in [0.2, 0.25) is 5.02 Å². The lowest BCUT2D eigenvalue weighted by Gasteiger charge is -2.22. The molecule has 0 N–H and O–H groups in total. The number of rotatable bonds is 7. The van der Waals surface area contributed by atoms with E-state index in [4.69, 9.17) is 27.9 Å². The zero-order valence-electron chi connectivity index (χ0n) is 12.1. The molecule has 4 heteroatoms. The van der Waals surface area contributed by atoms with Crippen LogP contribution in [0, 0.1) is 0 Å². The van der Waals surface area contributed by atoms with Gasteiger partial charge in [0.1, 0.15) is 5.75 Å². The molecule has 112 valence electrons. The molecule has 0 heterocycles. The molecule has 0 aromatic heterocycles. The third-order valence-corrected chi connectivity index (χ3v) is 3.69. The Morgan fingerprint density at radius 2 is 1.81 bits per heavy atom. The molecule has 0 amide bonds. The number of halogens is 2. The van der Waals surface area contributed by atoms with Crippen molar-refractivity contribution in [3.05, 3.63) is 64.7 Å². The van der Waals surface area contributed by atoms with Crippen molar-refractivity contribution in [2.75, 3.05) is 19.5 Å². The molecule has 0 aliphatic rings. The molecular weight excluding hydrogens is 305 g/mol. The lowest BCUT2D eigenvalue weighted by atomic mass is 10.1. The Hall–Kier alpha value is -1.22. The molecule has 0 aliphatic carbocycles. The molecule has 0 unspecified atom stereocenters. The Balaban J connectivity index is 2.14. The Bertz CT molecular complexity index is 560. The van der Waals surface area contributed by atoms with Crippen molar-refractivity contribution < 1.29 is 4.74 Å².